The molecule has 19 heavy (non-hydrogen) atoms. The Balaban J connectivity index is 2.23. The lowest BCUT2D eigenvalue weighted by Gasteiger charge is -2.09. The minimum atomic E-state index is -0.244. The summed E-state index contributed by atoms with van der Waals surface area (Å²) in [6.45, 7) is 1.94. The summed E-state index contributed by atoms with van der Waals surface area (Å²) in [7, 11) is 1.76. The Kier molecular flexibility index (Phi) is 4.11. The Labute approximate surface area is 119 Å². The number of aromatic nitrogens is 2. The molecule has 2 N–H and O–H groups in total. The maximum atomic E-state index is 12.1. The molecular formula is C13H13BrN4O. The molecule has 0 atom stereocenters. The average molecular weight is 321 g/mol. The van der Waals surface area contributed by atoms with Crippen molar-refractivity contribution in [3.05, 3.63) is 46.3 Å². The van der Waals surface area contributed by atoms with Gasteiger partial charge in [0.1, 0.15) is 5.82 Å². The van der Waals surface area contributed by atoms with E-state index in [1.165, 1.54) is 6.20 Å². The molecule has 2 rings (SSSR count). The first-order valence-electron chi connectivity index (χ1n) is 5.67. The van der Waals surface area contributed by atoms with Crippen LogP contribution >= 0.6 is 15.9 Å². The summed E-state index contributed by atoms with van der Waals surface area (Å²) >= 11 is 3.37. The standard InChI is InChI=1S/C13H13BrN4O/c1-8-5-12(17-7-10(8)14)18-13(19)9-6-16-4-3-11(9)15-2/h3-7H,1-2H3,(H,15,16)(H,17,18,19). The maximum absolute atomic E-state index is 12.1. The number of carbonyl (C=O) groups is 1. The Bertz CT molecular complexity index is 615. The van der Waals surface area contributed by atoms with Gasteiger partial charge in [0.05, 0.1) is 5.56 Å². The molecule has 0 aliphatic carbocycles. The Morgan fingerprint density at radius 2 is 2.16 bits per heavy atom. The fraction of sp³-hybridized carbons (Fsp3) is 0.154. The van der Waals surface area contributed by atoms with E-state index in [1.807, 2.05) is 6.92 Å². The van der Waals surface area contributed by atoms with Gasteiger partial charge in [-0.05, 0) is 40.5 Å². The first-order chi connectivity index (χ1) is 9.11. The minimum Gasteiger partial charge on any atom is -0.387 e. The predicted molar refractivity (Wildman–Crippen MR) is 78.4 cm³/mol. The summed E-state index contributed by atoms with van der Waals surface area (Å²) in [4.78, 5) is 20.2. The van der Waals surface area contributed by atoms with Crippen molar-refractivity contribution >= 4 is 33.3 Å². The molecule has 5 nitrogen and oxygen atoms in total. The number of hydrogen-bond donors (Lipinski definition) is 2. The van der Waals surface area contributed by atoms with Crippen LogP contribution in [-0.4, -0.2) is 22.9 Å². The molecule has 0 radical (unpaired) electrons. The Morgan fingerprint density at radius 1 is 1.37 bits per heavy atom. The number of aryl methyl sites for hydroxylation is 1. The summed E-state index contributed by atoms with van der Waals surface area (Å²) in [5.74, 6) is 0.267. The lowest BCUT2D eigenvalue weighted by molar-refractivity contribution is 0.102. The highest BCUT2D eigenvalue weighted by atomic mass is 79.9. The first-order valence-corrected chi connectivity index (χ1v) is 6.46. The van der Waals surface area contributed by atoms with Gasteiger partial charge >= 0.3 is 0 Å². The van der Waals surface area contributed by atoms with Gasteiger partial charge in [-0.1, -0.05) is 0 Å². The van der Waals surface area contributed by atoms with Crippen LogP contribution in [0.25, 0.3) is 0 Å². The van der Waals surface area contributed by atoms with Gasteiger partial charge in [0.2, 0.25) is 0 Å². The third-order valence-corrected chi connectivity index (χ3v) is 3.45. The van der Waals surface area contributed by atoms with Gasteiger partial charge in [-0.3, -0.25) is 9.78 Å². The fourth-order valence-electron chi connectivity index (χ4n) is 1.58. The van der Waals surface area contributed by atoms with Crippen molar-refractivity contribution in [3.8, 4) is 0 Å². The van der Waals surface area contributed by atoms with E-state index < -0.39 is 0 Å². The molecule has 1 amide bonds. The van der Waals surface area contributed by atoms with Crippen LogP contribution in [0.2, 0.25) is 0 Å². The van der Waals surface area contributed by atoms with E-state index in [4.69, 9.17) is 0 Å². The van der Waals surface area contributed by atoms with Crippen LogP contribution in [0.1, 0.15) is 15.9 Å². The topological polar surface area (TPSA) is 66.9 Å². The second-order valence-electron chi connectivity index (χ2n) is 3.94. The van der Waals surface area contributed by atoms with Crippen molar-refractivity contribution in [2.75, 3.05) is 17.7 Å². The van der Waals surface area contributed by atoms with Gasteiger partial charge in [0.25, 0.3) is 5.91 Å². The molecule has 0 saturated carbocycles. The first kappa shape index (κ1) is 13.5. The Hall–Kier alpha value is -1.95. The molecule has 0 spiro atoms. The van der Waals surface area contributed by atoms with E-state index in [9.17, 15) is 4.79 Å². The molecule has 98 valence electrons. The van der Waals surface area contributed by atoms with Gasteiger partial charge in [-0.25, -0.2) is 4.98 Å². The number of nitrogens with one attached hydrogen (secondary N) is 2. The second kappa shape index (κ2) is 5.79. The highest BCUT2D eigenvalue weighted by Crippen LogP contribution is 2.19. The summed E-state index contributed by atoms with van der Waals surface area (Å²) in [5, 5.41) is 5.70. The molecule has 2 aromatic heterocycles. The van der Waals surface area contributed by atoms with Gasteiger partial charge < -0.3 is 10.6 Å². The van der Waals surface area contributed by atoms with E-state index in [1.54, 1.807) is 31.6 Å². The quantitative estimate of drug-likeness (QED) is 0.912. The number of halogens is 1. The molecule has 0 aliphatic heterocycles. The van der Waals surface area contributed by atoms with Crippen molar-refractivity contribution < 1.29 is 4.79 Å². The van der Waals surface area contributed by atoms with Gasteiger partial charge in [-0.2, -0.15) is 0 Å². The monoisotopic (exact) mass is 320 g/mol. The van der Waals surface area contributed by atoms with Gasteiger partial charge in [0.15, 0.2) is 0 Å². The molecule has 6 heteroatoms. The van der Waals surface area contributed by atoms with Crippen LogP contribution in [0.4, 0.5) is 11.5 Å². The molecule has 2 aromatic rings. The molecule has 0 aromatic carbocycles. The number of hydrogen-bond acceptors (Lipinski definition) is 4. The lowest BCUT2D eigenvalue weighted by atomic mass is 10.2. The number of nitrogens with zero attached hydrogens (tertiary/aromatic N) is 2. The number of amides is 1. The number of carbonyl (C=O) groups excluding carboxylic acids is 1. The number of anilines is 2. The average Bonchev–Trinajstić information content (AvgIpc) is 2.43. The smallest absolute Gasteiger partial charge is 0.260 e. The van der Waals surface area contributed by atoms with Crippen LogP contribution in [0, 0.1) is 6.92 Å². The molecular weight excluding hydrogens is 308 g/mol. The minimum absolute atomic E-state index is 0.244. The predicted octanol–water partition coefficient (Wildman–Crippen LogP) is 2.84. The highest BCUT2D eigenvalue weighted by Gasteiger charge is 2.11. The largest absolute Gasteiger partial charge is 0.387 e. The zero-order chi connectivity index (χ0) is 13.8. The van der Waals surface area contributed by atoms with E-state index in [0.29, 0.717) is 11.4 Å². The second-order valence-corrected chi connectivity index (χ2v) is 4.80. The maximum Gasteiger partial charge on any atom is 0.260 e. The SMILES string of the molecule is CNc1ccncc1C(=O)Nc1cc(C)c(Br)cn1. The normalized spacial score (nSPS) is 10.1. The molecule has 2 heterocycles. The fourth-order valence-corrected chi connectivity index (χ4v) is 1.80. The van der Waals surface area contributed by atoms with Crippen molar-refractivity contribution in [2.45, 2.75) is 6.92 Å². The molecule has 0 fully saturated rings. The molecule has 0 aliphatic rings. The summed E-state index contributed by atoms with van der Waals surface area (Å²) in [6.07, 6.45) is 4.81. The van der Waals surface area contributed by atoms with Gasteiger partial charge in [-0.15, -0.1) is 0 Å². The van der Waals surface area contributed by atoms with Crippen LogP contribution in [-0.2, 0) is 0 Å². The number of rotatable bonds is 3. The van der Waals surface area contributed by atoms with Crippen molar-refractivity contribution in [1.29, 1.82) is 0 Å². The van der Waals surface area contributed by atoms with Crippen molar-refractivity contribution in [3.63, 3.8) is 0 Å². The summed E-state index contributed by atoms with van der Waals surface area (Å²) < 4.78 is 0.905. The zero-order valence-electron chi connectivity index (χ0n) is 10.6. The van der Waals surface area contributed by atoms with Crippen LogP contribution in [0.15, 0.2) is 35.2 Å². The summed E-state index contributed by atoms with van der Waals surface area (Å²) in [6, 6.07) is 3.55. The van der Waals surface area contributed by atoms with Gasteiger partial charge in [0, 0.05) is 35.8 Å². The lowest BCUT2D eigenvalue weighted by Crippen LogP contribution is -2.15. The zero-order valence-corrected chi connectivity index (χ0v) is 12.2. The molecule has 0 unspecified atom stereocenters. The molecule has 0 saturated heterocycles. The van der Waals surface area contributed by atoms with Crippen molar-refractivity contribution in [1.82, 2.24) is 9.97 Å². The Morgan fingerprint density at radius 3 is 2.84 bits per heavy atom. The van der Waals surface area contributed by atoms with E-state index >= 15 is 0 Å². The van der Waals surface area contributed by atoms with Crippen molar-refractivity contribution in [2.24, 2.45) is 0 Å². The van der Waals surface area contributed by atoms with Crippen LogP contribution < -0.4 is 10.6 Å². The summed E-state index contributed by atoms with van der Waals surface area (Å²) in [5.41, 5.74) is 2.21. The third-order valence-electron chi connectivity index (χ3n) is 2.62. The number of pyridine rings is 2. The molecule has 0 bridgehead atoms. The van der Waals surface area contributed by atoms with E-state index in [0.717, 1.165) is 15.7 Å². The van der Waals surface area contributed by atoms with E-state index in [2.05, 4.69) is 36.5 Å². The van der Waals surface area contributed by atoms with E-state index in [-0.39, 0.29) is 5.91 Å². The van der Waals surface area contributed by atoms with Crippen LogP contribution in [0.5, 0.6) is 0 Å². The third kappa shape index (κ3) is 3.08. The highest BCUT2D eigenvalue weighted by molar-refractivity contribution is 9.10. The van der Waals surface area contributed by atoms with Crippen LogP contribution in [0.3, 0.4) is 0 Å².